The molecule has 0 radical (unpaired) electrons. The molecule has 0 saturated heterocycles. The molecule has 6 heteroatoms. The molecule has 0 aromatic heterocycles. The molecule has 3 N–H and O–H groups in total. The number of hydrogen-bond acceptors (Lipinski definition) is 3. The lowest BCUT2D eigenvalue weighted by molar-refractivity contribution is 0.471. The summed E-state index contributed by atoms with van der Waals surface area (Å²) in [5.74, 6) is -0.472. The van der Waals surface area contributed by atoms with Crippen LogP contribution in [0.1, 0.15) is 18.1 Å². The molecule has 0 spiro atoms. The second-order valence-corrected chi connectivity index (χ2v) is 5.05. The highest BCUT2D eigenvalue weighted by atomic mass is 32.1. The van der Waals surface area contributed by atoms with Crippen molar-refractivity contribution >= 4 is 23.0 Å². The van der Waals surface area contributed by atoms with Crippen LogP contribution in [-0.2, 0) is 6.54 Å². The quantitative estimate of drug-likeness (QED) is 0.461. The minimum atomic E-state index is -0.438. The number of rotatable bonds is 4. The number of phenols is 1. The minimum Gasteiger partial charge on any atom is -0.507 e. The number of nitrogens with one attached hydrogen (secondary N) is 2. The van der Waals surface area contributed by atoms with Crippen molar-refractivity contribution in [1.29, 1.82) is 0 Å². The molecule has 0 saturated carbocycles. The van der Waals surface area contributed by atoms with Crippen molar-refractivity contribution in [3.05, 3.63) is 65.5 Å². The number of hydrogen-bond donors (Lipinski definition) is 3. The molecule has 2 rings (SSSR count). The van der Waals surface area contributed by atoms with Gasteiger partial charge in [0.25, 0.3) is 0 Å². The molecule has 0 aliphatic carbocycles. The number of phenolic OH excluding ortho intramolecular Hbond substituents is 1. The van der Waals surface area contributed by atoms with Crippen LogP contribution in [0, 0.1) is 5.82 Å². The molecular formula is C16H16FN3OS. The maximum Gasteiger partial charge on any atom is 0.187 e. The van der Waals surface area contributed by atoms with Gasteiger partial charge in [-0.1, -0.05) is 30.3 Å². The monoisotopic (exact) mass is 317 g/mol. The number of benzene rings is 2. The summed E-state index contributed by atoms with van der Waals surface area (Å²) in [4.78, 5) is 0. The highest BCUT2D eigenvalue weighted by Gasteiger charge is 2.06. The lowest BCUT2D eigenvalue weighted by Crippen LogP contribution is -2.32. The Morgan fingerprint density at radius 2 is 1.95 bits per heavy atom. The first-order chi connectivity index (χ1) is 10.6. The molecule has 22 heavy (non-hydrogen) atoms. The first-order valence-corrected chi connectivity index (χ1v) is 7.08. The Morgan fingerprint density at radius 3 is 2.68 bits per heavy atom. The predicted molar refractivity (Wildman–Crippen MR) is 89.3 cm³/mol. The van der Waals surface area contributed by atoms with E-state index in [0.717, 1.165) is 5.56 Å². The Hall–Kier alpha value is -2.47. The van der Waals surface area contributed by atoms with E-state index < -0.39 is 5.82 Å². The fourth-order valence-corrected chi connectivity index (χ4v) is 1.93. The van der Waals surface area contributed by atoms with E-state index in [1.807, 2.05) is 30.3 Å². The summed E-state index contributed by atoms with van der Waals surface area (Å²) < 4.78 is 13.2. The Labute approximate surface area is 133 Å². The molecule has 4 nitrogen and oxygen atoms in total. The van der Waals surface area contributed by atoms with E-state index in [9.17, 15) is 9.50 Å². The standard InChI is InChI=1S/C16H16FN3OS/c1-11(14-9-13(17)7-8-15(14)21)19-20-16(22)18-10-12-5-3-2-4-6-12/h2-9,21H,10H2,1H3,(H2,18,20,22)/b19-11+. The summed E-state index contributed by atoms with van der Waals surface area (Å²) in [5, 5.41) is 17.1. The van der Waals surface area contributed by atoms with Gasteiger partial charge in [0, 0.05) is 12.1 Å². The van der Waals surface area contributed by atoms with Crippen LogP contribution in [0.2, 0.25) is 0 Å². The van der Waals surface area contributed by atoms with Crippen LogP contribution in [0.3, 0.4) is 0 Å². The Kier molecular flexibility index (Phi) is 5.43. The fraction of sp³-hybridized carbons (Fsp3) is 0.125. The molecule has 0 aliphatic heterocycles. The predicted octanol–water partition coefficient (Wildman–Crippen LogP) is 2.92. The van der Waals surface area contributed by atoms with Gasteiger partial charge in [0.05, 0.1) is 5.71 Å². The topological polar surface area (TPSA) is 56.7 Å². The van der Waals surface area contributed by atoms with Crippen LogP contribution in [-0.4, -0.2) is 15.9 Å². The van der Waals surface area contributed by atoms with E-state index in [1.54, 1.807) is 6.92 Å². The number of thiocarbonyl (C=S) groups is 1. The third kappa shape index (κ3) is 4.53. The normalized spacial score (nSPS) is 11.1. The van der Waals surface area contributed by atoms with Gasteiger partial charge in [-0.2, -0.15) is 5.10 Å². The maximum atomic E-state index is 13.2. The summed E-state index contributed by atoms with van der Waals surface area (Å²) in [6.07, 6.45) is 0. The number of aromatic hydroxyl groups is 1. The van der Waals surface area contributed by atoms with Crippen molar-refractivity contribution in [3.63, 3.8) is 0 Å². The van der Waals surface area contributed by atoms with Gasteiger partial charge in [-0.25, -0.2) is 4.39 Å². The smallest absolute Gasteiger partial charge is 0.187 e. The molecule has 0 aliphatic rings. The lowest BCUT2D eigenvalue weighted by Gasteiger charge is -2.09. The van der Waals surface area contributed by atoms with Crippen LogP contribution in [0.5, 0.6) is 5.75 Å². The average molecular weight is 317 g/mol. The van der Waals surface area contributed by atoms with E-state index in [-0.39, 0.29) is 5.75 Å². The van der Waals surface area contributed by atoms with E-state index in [1.165, 1.54) is 18.2 Å². The summed E-state index contributed by atoms with van der Waals surface area (Å²) in [7, 11) is 0. The van der Waals surface area contributed by atoms with Gasteiger partial charge >= 0.3 is 0 Å². The largest absolute Gasteiger partial charge is 0.507 e. The van der Waals surface area contributed by atoms with Gasteiger partial charge in [0.1, 0.15) is 11.6 Å². The summed E-state index contributed by atoms with van der Waals surface area (Å²) >= 11 is 5.11. The lowest BCUT2D eigenvalue weighted by atomic mass is 10.1. The molecule has 114 valence electrons. The van der Waals surface area contributed by atoms with Crippen LogP contribution >= 0.6 is 12.2 Å². The molecular weight excluding hydrogens is 301 g/mol. The van der Waals surface area contributed by atoms with Crippen molar-refractivity contribution in [3.8, 4) is 5.75 Å². The van der Waals surface area contributed by atoms with Gasteiger partial charge in [-0.15, -0.1) is 0 Å². The number of hydrazone groups is 1. The van der Waals surface area contributed by atoms with Crippen molar-refractivity contribution in [2.45, 2.75) is 13.5 Å². The molecule has 0 amide bonds. The molecule has 2 aromatic rings. The third-order valence-corrected chi connectivity index (χ3v) is 3.21. The minimum absolute atomic E-state index is 0.0346. The van der Waals surface area contributed by atoms with Gasteiger partial charge < -0.3 is 10.4 Å². The first-order valence-electron chi connectivity index (χ1n) is 6.67. The molecule has 0 unspecified atom stereocenters. The molecule has 2 aromatic carbocycles. The summed E-state index contributed by atoms with van der Waals surface area (Å²) in [5.41, 5.74) is 4.51. The highest BCUT2D eigenvalue weighted by Crippen LogP contribution is 2.18. The number of nitrogens with zero attached hydrogens (tertiary/aromatic N) is 1. The van der Waals surface area contributed by atoms with Crippen molar-refractivity contribution < 1.29 is 9.50 Å². The Bertz CT molecular complexity index is 689. The molecule has 0 atom stereocenters. The Morgan fingerprint density at radius 1 is 1.23 bits per heavy atom. The van der Waals surface area contributed by atoms with E-state index in [2.05, 4.69) is 15.8 Å². The number of halogens is 1. The van der Waals surface area contributed by atoms with Gasteiger partial charge in [0.2, 0.25) is 0 Å². The average Bonchev–Trinajstić information content (AvgIpc) is 2.54. The van der Waals surface area contributed by atoms with E-state index in [0.29, 0.717) is 22.9 Å². The fourth-order valence-electron chi connectivity index (χ4n) is 1.81. The summed E-state index contributed by atoms with van der Waals surface area (Å²) in [6.45, 7) is 2.23. The van der Waals surface area contributed by atoms with Gasteiger partial charge in [0.15, 0.2) is 5.11 Å². The third-order valence-electron chi connectivity index (χ3n) is 2.97. The van der Waals surface area contributed by atoms with Gasteiger partial charge in [-0.3, -0.25) is 5.43 Å². The van der Waals surface area contributed by atoms with Crippen molar-refractivity contribution in [2.75, 3.05) is 0 Å². The van der Waals surface area contributed by atoms with E-state index in [4.69, 9.17) is 12.2 Å². The van der Waals surface area contributed by atoms with Crippen molar-refractivity contribution in [1.82, 2.24) is 10.7 Å². The zero-order chi connectivity index (χ0) is 15.9. The maximum absolute atomic E-state index is 13.2. The van der Waals surface area contributed by atoms with E-state index >= 15 is 0 Å². The van der Waals surface area contributed by atoms with Crippen molar-refractivity contribution in [2.24, 2.45) is 5.10 Å². The van der Waals surface area contributed by atoms with Crippen LogP contribution in [0.15, 0.2) is 53.6 Å². The Balaban J connectivity index is 1.93. The zero-order valence-electron chi connectivity index (χ0n) is 12.0. The highest BCUT2D eigenvalue weighted by molar-refractivity contribution is 7.80. The van der Waals surface area contributed by atoms with Crippen LogP contribution < -0.4 is 10.7 Å². The van der Waals surface area contributed by atoms with Crippen LogP contribution in [0.25, 0.3) is 0 Å². The van der Waals surface area contributed by atoms with Gasteiger partial charge in [-0.05, 0) is 42.9 Å². The first kappa shape index (κ1) is 15.9. The van der Waals surface area contributed by atoms with Crippen LogP contribution in [0.4, 0.5) is 4.39 Å². The zero-order valence-corrected chi connectivity index (χ0v) is 12.8. The second-order valence-electron chi connectivity index (χ2n) is 4.64. The second kappa shape index (κ2) is 7.51. The summed E-state index contributed by atoms with van der Waals surface area (Å²) in [6, 6.07) is 13.5. The molecule has 0 bridgehead atoms. The molecule has 0 fully saturated rings. The SMILES string of the molecule is C/C(=N\NC(=S)NCc1ccccc1)c1cc(F)ccc1O. The molecule has 0 heterocycles.